The molecule has 0 bridgehead atoms. The molecule has 0 aliphatic rings. The van der Waals surface area contributed by atoms with Crippen molar-refractivity contribution in [1.29, 1.82) is 0 Å². The van der Waals surface area contributed by atoms with Crippen LogP contribution in [-0.2, 0) is 27.0 Å². The van der Waals surface area contributed by atoms with Crippen LogP contribution in [0.1, 0.15) is 17.6 Å². The van der Waals surface area contributed by atoms with E-state index in [1.165, 1.54) is 61.5 Å². The minimum Gasteiger partial charge on any atom is -0.486 e. The van der Waals surface area contributed by atoms with Gasteiger partial charge in [0.15, 0.2) is 9.84 Å². The van der Waals surface area contributed by atoms with Crippen LogP contribution >= 0.6 is 11.3 Å². The Kier molecular flexibility index (Phi) is 6.12. The summed E-state index contributed by atoms with van der Waals surface area (Å²) in [7, 11) is -0.614. The van der Waals surface area contributed by atoms with E-state index in [1.54, 1.807) is 5.38 Å². The monoisotopic (exact) mass is 386 g/mol. The molecule has 0 unspecified atom stereocenters. The number of ether oxygens (including phenoxy) is 1. The molecular formula is C16H19FN2O4S2. The van der Waals surface area contributed by atoms with Crippen LogP contribution in [0.15, 0.2) is 29.6 Å². The van der Waals surface area contributed by atoms with Crippen molar-refractivity contribution >= 4 is 27.1 Å². The van der Waals surface area contributed by atoms with Gasteiger partial charge in [0.25, 0.3) is 0 Å². The van der Waals surface area contributed by atoms with Crippen molar-refractivity contribution in [3.63, 3.8) is 0 Å². The van der Waals surface area contributed by atoms with Gasteiger partial charge in [-0.25, -0.2) is 17.8 Å². The SMILES string of the molecule is C[C@H](C(=O)N(C)C)S(=O)(=O)Cc1csc(COc2ccc(F)cc2)n1. The molecule has 0 saturated heterocycles. The van der Waals surface area contributed by atoms with E-state index in [0.717, 1.165) is 0 Å². The van der Waals surface area contributed by atoms with Crippen molar-refractivity contribution in [2.45, 2.75) is 24.5 Å². The van der Waals surface area contributed by atoms with E-state index in [2.05, 4.69) is 4.98 Å². The minimum atomic E-state index is -3.65. The summed E-state index contributed by atoms with van der Waals surface area (Å²) in [6.07, 6.45) is 0. The molecule has 2 rings (SSSR count). The molecule has 0 aliphatic carbocycles. The molecule has 1 heterocycles. The van der Waals surface area contributed by atoms with Crippen molar-refractivity contribution in [2.75, 3.05) is 14.1 Å². The second-order valence-corrected chi connectivity index (χ2v) is 8.92. The molecule has 1 atom stereocenters. The first-order valence-corrected chi connectivity index (χ1v) is 10.0. The average molecular weight is 386 g/mol. The van der Waals surface area contributed by atoms with Gasteiger partial charge in [0.05, 0.1) is 11.4 Å². The van der Waals surface area contributed by atoms with Crippen molar-refractivity contribution in [1.82, 2.24) is 9.88 Å². The first-order chi connectivity index (χ1) is 11.7. The number of aromatic nitrogens is 1. The molecule has 136 valence electrons. The first-order valence-electron chi connectivity index (χ1n) is 7.43. The molecule has 0 aliphatic heterocycles. The largest absolute Gasteiger partial charge is 0.486 e. The highest BCUT2D eigenvalue weighted by atomic mass is 32.2. The molecule has 0 spiro atoms. The lowest BCUT2D eigenvalue weighted by atomic mass is 10.3. The third-order valence-electron chi connectivity index (χ3n) is 3.45. The quantitative estimate of drug-likeness (QED) is 0.729. The Morgan fingerprint density at radius 2 is 1.96 bits per heavy atom. The van der Waals surface area contributed by atoms with Crippen LogP contribution in [0.4, 0.5) is 4.39 Å². The first kappa shape index (κ1) is 19.3. The van der Waals surface area contributed by atoms with Gasteiger partial charge >= 0.3 is 0 Å². The van der Waals surface area contributed by atoms with E-state index in [9.17, 15) is 17.6 Å². The standard InChI is InChI=1S/C16H19FN2O4S2/c1-11(16(20)19(2)3)25(21,22)10-13-9-24-15(18-13)8-23-14-6-4-12(17)5-7-14/h4-7,9,11H,8,10H2,1-3H3/t11-/m1/s1. The molecule has 25 heavy (non-hydrogen) atoms. The summed E-state index contributed by atoms with van der Waals surface area (Å²) in [5.41, 5.74) is 0.376. The van der Waals surface area contributed by atoms with Gasteiger partial charge in [-0.05, 0) is 31.2 Å². The minimum absolute atomic E-state index is 0.155. The van der Waals surface area contributed by atoms with Gasteiger partial charge in [-0.15, -0.1) is 11.3 Å². The Balaban J connectivity index is 1.98. The normalized spacial score (nSPS) is 12.6. The number of carbonyl (C=O) groups excluding carboxylic acids is 1. The zero-order valence-electron chi connectivity index (χ0n) is 14.1. The number of halogens is 1. The number of hydrogen-bond donors (Lipinski definition) is 0. The number of sulfone groups is 1. The third kappa shape index (κ3) is 5.23. The highest BCUT2D eigenvalue weighted by Gasteiger charge is 2.30. The van der Waals surface area contributed by atoms with Crippen LogP contribution in [0.2, 0.25) is 0 Å². The number of hydrogen-bond acceptors (Lipinski definition) is 6. The zero-order chi connectivity index (χ0) is 18.6. The van der Waals surface area contributed by atoms with Gasteiger partial charge in [0.2, 0.25) is 5.91 Å². The van der Waals surface area contributed by atoms with Crippen LogP contribution in [0.3, 0.4) is 0 Å². The summed E-state index contributed by atoms with van der Waals surface area (Å²) in [5, 5.41) is 1.11. The van der Waals surface area contributed by atoms with E-state index in [4.69, 9.17) is 4.74 Å². The highest BCUT2D eigenvalue weighted by molar-refractivity contribution is 7.92. The van der Waals surface area contributed by atoms with Crippen LogP contribution in [-0.4, -0.2) is 43.6 Å². The predicted molar refractivity (Wildman–Crippen MR) is 93.6 cm³/mol. The molecular weight excluding hydrogens is 367 g/mol. The zero-order valence-corrected chi connectivity index (χ0v) is 15.7. The summed E-state index contributed by atoms with van der Waals surface area (Å²) in [6.45, 7) is 1.53. The van der Waals surface area contributed by atoms with Crippen molar-refractivity contribution in [3.8, 4) is 5.75 Å². The molecule has 1 aromatic carbocycles. The third-order valence-corrected chi connectivity index (χ3v) is 6.30. The topological polar surface area (TPSA) is 76.6 Å². The van der Waals surface area contributed by atoms with E-state index >= 15 is 0 Å². The Morgan fingerprint density at radius 1 is 1.32 bits per heavy atom. The molecule has 9 heteroatoms. The lowest BCUT2D eigenvalue weighted by Gasteiger charge is -2.16. The van der Waals surface area contributed by atoms with Crippen molar-refractivity contribution in [3.05, 3.63) is 46.2 Å². The Hall–Kier alpha value is -2.00. The Labute approximate surface area is 150 Å². The highest BCUT2D eigenvalue weighted by Crippen LogP contribution is 2.18. The van der Waals surface area contributed by atoms with Crippen LogP contribution in [0, 0.1) is 5.82 Å². The number of amides is 1. The number of nitrogens with zero attached hydrogens (tertiary/aromatic N) is 2. The smallest absolute Gasteiger partial charge is 0.240 e. The molecule has 1 amide bonds. The van der Waals surface area contributed by atoms with Crippen molar-refractivity contribution < 1.29 is 22.3 Å². The maximum Gasteiger partial charge on any atom is 0.240 e. The fourth-order valence-electron chi connectivity index (χ4n) is 2.01. The van der Waals surface area contributed by atoms with Crippen molar-refractivity contribution in [2.24, 2.45) is 0 Å². The fourth-order valence-corrected chi connectivity index (χ4v) is 4.14. The summed E-state index contributed by atoms with van der Waals surface area (Å²) in [5.74, 6) is -0.623. The van der Waals surface area contributed by atoms with Gasteiger partial charge in [-0.2, -0.15) is 0 Å². The van der Waals surface area contributed by atoms with E-state index in [-0.39, 0.29) is 18.2 Å². The van der Waals surface area contributed by atoms with Crippen LogP contribution < -0.4 is 4.74 Å². The summed E-state index contributed by atoms with van der Waals surface area (Å²) >= 11 is 1.27. The van der Waals surface area contributed by atoms with Gasteiger partial charge < -0.3 is 9.64 Å². The lowest BCUT2D eigenvalue weighted by Crippen LogP contribution is -2.37. The summed E-state index contributed by atoms with van der Waals surface area (Å²) in [6, 6.07) is 5.59. The second kappa shape index (κ2) is 7.92. The molecule has 0 radical (unpaired) electrons. The number of thiazole rings is 1. The summed E-state index contributed by atoms with van der Waals surface area (Å²) in [4.78, 5) is 17.3. The number of rotatable bonds is 7. The van der Waals surface area contributed by atoms with Gasteiger partial charge in [0.1, 0.15) is 28.4 Å². The maximum absolute atomic E-state index is 12.8. The Morgan fingerprint density at radius 3 is 2.56 bits per heavy atom. The summed E-state index contributed by atoms with van der Waals surface area (Å²) < 4.78 is 42.9. The molecule has 1 aromatic heterocycles. The van der Waals surface area contributed by atoms with Crippen LogP contribution in [0.25, 0.3) is 0 Å². The van der Waals surface area contributed by atoms with Gasteiger partial charge in [0, 0.05) is 19.5 Å². The number of benzene rings is 1. The van der Waals surface area contributed by atoms with E-state index in [1.807, 2.05) is 0 Å². The molecule has 0 saturated carbocycles. The predicted octanol–water partition coefficient (Wildman–Crippen LogP) is 2.25. The molecule has 2 aromatic rings. The average Bonchev–Trinajstić information content (AvgIpc) is 2.99. The molecule has 0 N–H and O–H groups in total. The number of carbonyl (C=O) groups is 1. The lowest BCUT2D eigenvalue weighted by molar-refractivity contribution is -0.127. The fraction of sp³-hybridized carbons (Fsp3) is 0.375. The Bertz CT molecular complexity index is 832. The van der Waals surface area contributed by atoms with Gasteiger partial charge in [-0.3, -0.25) is 4.79 Å². The second-order valence-electron chi connectivity index (χ2n) is 5.66. The van der Waals surface area contributed by atoms with Gasteiger partial charge in [-0.1, -0.05) is 0 Å². The maximum atomic E-state index is 12.8. The van der Waals surface area contributed by atoms with E-state index in [0.29, 0.717) is 16.5 Å². The molecule has 6 nitrogen and oxygen atoms in total. The van der Waals surface area contributed by atoms with E-state index < -0.39 is 21.0 Å². The molecule has 0 fully saturated rings. The van der Waals surface area contributed by atoms with Crippen LogP contribution in [0.5, 0.6) is 5.75 Å².